The molecule has 1 aromatic rings. The van der Waals surface area contributed by atoms with Gasteiger partial charge in [0, 0.05) is 24.0 Å². The molecule has 0 saturated heterocycles. The van der Waals surface area contributed by atoms with E-state index in [1.54, 1.807) is 0 Å². The number of ether oxygens (including phenoxy) is 2. The number of nitrogen functional groups attached to an aromatic ring is 1. The van der Waals surface area contributed by atoms with E-state index >= 15 is 0 Å². The van der Waals surface area contributed by atoms with Crippen molar-refractivity contribution in [2.45, 2.75) is 38.9 Å². The van der Waals surface area contributed by atoms with Gasteiger partial charge in [0.25, 0.3) is 0 Å². The number of hydrogen-bond acceptors (Lipinski definition) is 3. The molecule has 1 aromatic carbocycles. The van der Waals surface area contributed by atoms with Crippen molar-refractivity contribution in [1.29, 1.82) is 0 Å². The summed E-state index contributed by atoms with van der Waals surface area (Å²) in [6.45, 7) is 4.13. The minimum absolute atomic E-state index is 0.238. The molecule has 3 nitrogen and oxygen atoms in total. The third-order valence-corrected chi connectivity index (χ3v) is 3.11. The third kappa shape index (κ3) is 1.19. The lowest BCUT2D eigenvalue weighted by Crippen LogP contribution is -2.07. The van der Waals surface area contributed by atoms with E-state index in [2.05, 4.69) is 19.9 Å². The zero-order valence-electron chi connectivity index (χ0n) is 9.04. The van der Waals surface area contributed by atoms with Crippen molar-refractivity contribution in [1.82, 2.24) is 0 Å². The summed E-state index contributed by atoms with van der Waals surface area (Å²) in [6.07, 6.45) is 2.31. The summed E-state index contributed by atoms with van der Waals surface area (Å²) in [5, 5.41) is 0. The van der Waals surface area contributed by atoms with Gasteiger partial charge in [0.1, 0.15) is 23.7 Å². The first kappa shape index (κ1) is 8.89. The van der Waals surface area contributed by atoms with Crippen molar-refractivity contribution in [3.8, 4) is 11.5 Å². The molecule has 2 aliphatic heterocycles. The van der Waals surface area contributed by atoms with Gasteiger partial charge in [0.2, 0.25) is 0 Å². The number of benzene rings is 1. The van der Waals surface area contributed by atoms with E-state index in [1.165, 1.54) is 5.56 Å². The largest absolute Gasteiger partial charge is 0.490 e. The van der Waals surface area contributed by atoms with E-state index in [-0.39, 0.29) is 12.2 Å². The van der Waals surface area contributed by atoms with E-state index in [1.807, 2.05) is 0 Å². The third-order valence-electron chi connectivity index (χ3n) is 3.11. The van der Waals surface area contributed by atoms with Crippen LogP contribution in [0.1, 0.15) is 25.0 Å². The van der Waals surface area contributed by atoms with Crippen LogP contribution in [0.5, 0.6) is 11.5 Å². The molecule has 2 atom stereocenters. The fourth-order valence-electron chi connectivity index (χ4n) is 2.46. The van der Waals surface area contributed by atoms with Gasteiger partial charge in [-0.25, -0.2) is 0 Å². The van der Waals surface area contributed by atoms with Crippen LogP contribution in [-0.2, 0) is 12.8 Å². The number of fused-ring (bicyclic) bond motifs is 2. The Morgan fingerprint density at radius 1 is 1.20 bits per heavy atom. The second-order valence-electron chi connectivity index (χ2n) is 4.52. The summed E-state index contributed by atoms with van der Waals surface area (Å²) in [7, 11) is 0. The Labute approximate surface area is 89.2 Å². The van der Waals surface area contributed by atoms with Crippen LogP contribution < -0.4 is 15.2 Å². The predicted molar refractivity (Wildman–Crippen MR) is 58.4 cm³/mol. The number of hydrogen-bond donors (Lipinski definition) is 1. The van der Waals surface area contributed by atoms with Gasteiger partial charge in [-0.2, -0.15) is 0 Å². The monoisotopic (exact) mass is 205 g/mol. The molecule has 0 bridgehead atoms. The van der Waals surface area contributed by atoms with Crippen LogP contribution in [0.2, 0.25) is 0 Å². The maximum atomic E-state index is 6.11. The highest BCUT2D eigenvalue weighted by atomic mass is 16.5. The standard InChI is InChI=1S/C12H15NO2/c1-6-3-8-5-10-9(4-7(2)14-10)11(13)12(8)15-6/h5-7H,3-4,13H2,1-2H3. The maximum Gasteiger partial charge on any atom is 0.146 e. The summed E-state index contributed by atoms with van der Waals surface area (Å²) in [6, 6.07) is 2.09. The number of anilines is 1. The molecule has 2 unspecified atom stereocenters. The molecule has 0 radical (unpaired) electrons. The quantitative estimate of drug-likeness (QED) is 0.658. The molecular weight excluding hydrogens is 190 g/mol. The normalized spacial score (nSPS) is 26.8. The van der Waals surface area contributed by atoms with Crippen LogP contribution in [-0.4, -0.2) is 12.2 Å². The second-order valence-corrected chi connectivity index (χ2v) is 4.52. The fraction of sp³-hybridized carbons (Fsp3) is 0.500. The fourth-order valence-corrected chi connectivity index (χ4v) is 2.46. The van der Waals surface area contributed by atoms with Gasteiger partial charge in [-0.3, -0.25) is 0 Å². The van der Waals surface area contributed by atoms with E-state index in [9.17, 15) is 0 Å². The van der Waals surface area contributed by atoms with Crippen molar-refractivity contribution in [2.75, 3.05) is 5.73 Å². The molecule has 2 aliphatic rings. The first-order chi connectivity index (χ1) is 7.15. The van der Waals surface area contributed by atoms with Crippen LogP contribution in [0.4, 0.5) is 5.69 Å². The molecular formula is C12H15NO2. The van der Waals surface area contributed by atoms with Crippen molar-refractivity contribution < 1.29 is 9.47 Å². The topological polar surface area (TPSA) is 44.5 Å². The molecule has 0 aliphatic carbocycles. The van der Waals surface area contributed by atoms with E-state index in [4.69, 9.17) is 15.2 Å². The Kier molecular flexibility index (Phi) is 1.67. The predicted octanol–water partition coefficient (Wildman–Crippen LogP) is 1.92. The summed E-state index contributed by atoms with van der Waals surface area (Å²) in [5.74, 6) is 1.84. The molecule has 2 N–H and O–H groups in total. The molecule has 0 aromatic heterocycles. The van der Waals surface area contributed by atoms with Gasteiger partial charge >= 0.3 is 0 Å². The highest BCUT2D eigenvalue weighted by Gasteiger charge is 2.30. The van der Waals surface area contributed by atoms with Crippen molar-refractivity contribution in [3.63, 3.8) is 0 Å². The lowest BCUT2D eigenvalue weighted by atomic mass is 10.0. The molecule has 3 rings (SSSR count). The van der Waals surface area contributed by atoms with Gasteiger partial charge in [-0.1, -0.05) is 0 Å². The Morgan fingerprint density at radius 3 is 2.73 bits per heavy atom. The highest BCUT2D eigenvalue weighted by Crippen LogP contribution is 2.44. The molecule has 0 amide bonds. The Bertz CT molecular complexity index is 392. The number of rotatable bonds is 0. The van der Waals surface area contributed by atoms with Gasteiger partial charge in [-0.05, 0) is 19.9 Å². The molecule has 80 valence electrons. The van der Waals surface area contributed by atoms with Crippen LogP contribution in [0.3, 0.4) is 0 Å². The second kappa shape index (κ2) is 2.81. The average molecular weight is 205 g/mol. The minimum atomic E-state index is 0.238. The Balaban J connectivity index is 2.14. The van der Waals surface area contributed by atoms with Gasteiger partial charge in [0.05, 0.1) is 5.69 Å². The molecule has 3 heteroatoms. The molecule has 0 saturated carbocycles. The molecule has 2 heterocycles. The van der Waals surface area contributed by atoms with Gasteiger partial charge in [0.15, 0.2) is 0 Å². The Morgan fingerprint density at radius 2 is 1.93 bits per heavy atom. The van der Waals surface area contributed by atoms with Gasteiger partial charge < -0.3 is 15.2 Å². The van der Waals surface area contributed by atoms with Crippen LogP contribution in [0.15, 0.2) is 6.07 Å². The lowest BCUT2D eigenvalue weighted by molar-refractivity contribution is 0.254. The molecule has 0 spiro atoms. The smallest absolute Gasteiger partial charge is 0.146 e. The first-order valence-electron chi connectivity index (χ1n) is 5.42. The van der Waals surface area contributed by atoms with Crippen LogP contribution >= 0.6 is 0 Å². The molecule has 0 fully saturated rings. The van der Waals surface area contributed by atoms with Crippen molar-refractivity contribution in [2.24, 2.45) is 0 Å². The SMILES string of the molecule is CC1Cc2c(cc3c(c2N)OC(C)C3)O1. The molecule has 15 heavy (non-hydrogen) atoms. The van der Waals surface area contributed by atoms with Gasteiger partial charge in [-0.15, -0.1) is 0 Å². The highest BCUT2D eigenvalue weighted by molar-refractivity contribution is 5.69. The summed E-state index contributed by atoms with van der Waals surface area (Å²) < 4.78 is 11.4. The zero-order valence-corrected chi connectivity index (χ0v) is 9.04. The maximum absolute atomic E-state index is 6.11. The summed E-state index contributed by atoms with van der Waals surface area (Å²) in [5.41, 5.74) is 9.20. The summed E-state index contributed by atoms with van der Waals surface area (Å²) >= 11 is 0. The number of nitrogens with two attached hydrogens (primary N) is 1. The van der Waals surface area contributed by atoms with Crippen LogP contribution in [0, 0.1) is 0 Å². The Hall–Kier alpha value is -1.38. The van der Waals surface area contributed by atoms with E-state index < -0.39 is 0 Å². The van der Waals surface area contributed by atoms with Crippen LogP contribution in [0.25, 0.3) is 0 Å². The summed E-state index contributed by atoms with van der Waals surface area (Å²) in [4.78, 5) is 0. The average Bonchev–Trinajstić information content (AvgIpc) is 2.69. The van der Waals surface area contributed by atoms with Crippen molar-refractivity contribution in [3.05, 3.63) is 17.2 Å². The van der Waals surface area contributed by atoms with E-state index in [0.717, 1.165) is 35.6 Å². The van der Waals surface area contributed by atoms with E-state index in [0.29, 0.717) is 0 Å². The van der Waals surface area contributed by atoms with Crippen molar-refractivity contribution >= 4 is 5.69 Å². The first-order valence-corrected chi connectivity index (χ1v) is 5.42. The minimum Gasteiger partial charge on any atom is -0.490 e. The lowest BCUT2D eigenvalue weighted by Gasteiger charge is -2.08. The zero-order chi connectivity index (χ0) is 10.6.